The van der Waals surface area contributed by atoms with E-state index in [4.69, 9.17) is 0 Å². The van der Waals surface area contributed by atoms with Gasteiger partial charge < -0.3 is 0 Å². The van der Waals surface area contributed by atoms with E-state index in [1.54, 1.807) is 0 Å². The first-order valence-electron chi connectivity index (χ1n) is 3.43. The van der Waals surface area contributed by atoms with Crippen LogP contribution in [-0.2, 0) is 0 Å². The van der Waals surface area contributed by atoms with Crippen molar-refractivity contribution in [2.45, 2.75) is 19.8 Å². The lowest BCUT2D eigenvalue weighted by Gasteiger charge is -2.05. The highest BCUT2D eigenvalue weighted by molar-refractivity contribution is 4.60. The van der Waals surface area contributed by atoms with Crippen molar-refractivity contribution < 1.29 is 0 Å². The van der Waals surface area contributed by atoms with Gasteiger partial charge in [0.2, 0.25) is 0 Å². The van der Waals surface area contributed by atoms with Gasteiger partial charge in [0, 0.05) is 0 Å². The number of hydrogen-bond donors (Lipinski definition) is 0. The summed E-state index contributed by atoms with van der Waals surface area (Å²) in [6, 6.07) is 0. The number of nitroso groups, excluding NO2 is 2. The molecular formula is C6H12N2O2. The molecule has 0 N–H and O–H groups in total. The molecule has 0 aliphatic heterocycles. The minimum atomic E-state index is 0.246. The van der Waals surface area contributed by atoms with E-state index < -0.39 is 0 Å². The minimum absolute atomic E-state index is 0.246. The monoisotopic (exact) mass is 144 g/mol. The fraction of sp³-hybridized carbons (Fsp3) is 1.00. The maximum absolute atomic E-state index is 9.78. The molecule has 10 heavy (non-hydrogen) atoms. The molecule has 4 nitrogen and oxygen atoms in total. The zero-order valence-corrected chi connectivity index (χ0v) is 6.12. The molecule has 1 atom stereocenters. The van der Waals surface area contributed by atoms with Gasteiger partial charge in [-0.2, -0.15) is 9.81 Å². The highest BCUT2D eigenvalue weighted by atomic mass is 16.3. The van der Waals surface area contributed by atoms with Crippen LogP contribution in [0.15, 0.2) is 10.4 Å². The molecule has 0 bridgehead atoms. The van der Waals surface area contributed by atoms with Crippen molar-refractivity contribution in [3.8, 4) is 0 Å². The van der Waals surface area contributed by atoms with Crippen LogP contribution >= 0.6 is 0 Å². The van der Waals surface area contributed by atoms with E-state index in [1.807, 2.05) is 6.92 Å². The summed E-state index contributed by atoms with van der Waals surface area (Å²) < 4.78 is 0. The van der Waals surface area contributed by atoms with Crippen molar-refractivity contribution in [2.24, 2.45) is 16.3 Å². The summed E-state index contributed by atoms with van der Waals surface area (Å²) in [7, 11) is 0. The molecule has 0 rings (SSSR count). The summed E-state index contributed by atoms with van der Waals surface area (Å²) in [5.41, 5.74) is 0. The van der Waals surface area contributed by atoms with Crippen LogP contribution < -0.4 is 0 Å². The molecule has 0 aliphatic carbocycles. The maximum atomic E-state index is 9.78. The van der Waals surface area contributed by atoms with Crippen LogP contribution in [0.5, 0.6) is 0 Å². The molecule has 0 aromatic carbocycles. The molecule has 0 aromatic heterocycles. The van der Waals surface area contributed by atoms with E-state index in [0.29, 0.717) is 19.5 Å². The lowest BCUT2D eigenvalue weighted by molar-refractivity contribution is 0.488. The molecule has 58 valence electrons. The fourth-order valence-electron chi connectivity index (χ4n) is 0.765. The van der Waals surface area contributed by atoms with Gasteiger partial charge in [-0.3, -0.25) is 0 Å². The Hall–Kier alpha value is -0.800. The van der Waals surface area contributed by atoms with Crippen molar-refractivity contribution in [3.05, 3.63) is 9.81 Å². The van der Waals surface area contributed by atoms with Gasteiger partial charge in [-0.05, 0) is 12.3 Å². The van der Waals surface area contributed by atoms with E-state index in [-0.39, 0.29) is 5.92 Å². The highest BCUT2D eigenvalue weighted by Gasteiger charge is 2.04. The Morgan fingerprint density at radius 2 is 2.00 bits per heavy atom. The molecule has 0 unspecified atom stereocenters. The second kappa shape index (κ2) is 6.32. The minimum Gasteiger partial charge on any atom is -0.151 e. The molecular weight excluding hydrogens is 132 g/mol. The standard InChI is InChI=1S/C6H12N2O2/c1-2-6(5-8-10)3-4-7-9/h6H,2-5H2,1H3/t6-/m0/s1. The van der Waals surface area contributed by atoms with E-state index in [0.717, 1.165) is 6.42 Å². The molecule has 0 aliphatic rings. The number of hydrogen-bond acceptors (Lipinski definition) is 4. The SMILES string of the molecule is CC[C@@H](CCN=O)CN=O. The normalized spacial score (nSPS) is 12.5. The molecule has 0 saturated heterocycles. The average Bonchev–Trinajstić information content (AvgIpc) is 1.98. The van der Waals surface area contributed by atoms with Gasteiger partial charge >= 0.3 is 0 Å². The topological polar surface area (TPSA) is 58.9 Å². The highest BCUT2D eigenvalue weighted by Crippen LogP contribution is 2.07. The fourth-order valence-corrected chi connectivity index (χ4v) is 0.765. The van der Waals surface area contributed by atoms with Gasteiger partial charge in [0.05, 0.1) is 13.1 Å². The second-order valence-corrected chi connectivity index (χ2v) is 2.23. The zero-order valence-electron chi connectivity index (χ0n) is 6.12. The lowest BCUT2D eigenvalue weighted by atomic mass is 10.0. The molecule has 0 heterocycles. The first kappa shape index (κ1) is 9.20. The van der Waals surface area contributed by atoms with Gasteiger partial charge in [-0.25, -0.2) is 0 Å². The summed E-state index contributed by atoms with van der Waals surface area (Å²) in [4.78, 5) is 19.4. The van der Waals surface area contributed by atoms with E-state index >= 15 is 0 Å². The van der Waals surface area contributed by atoms with E-state index in [1.165, 1.54) is 0 Å². The van der Waals surface area contributed by atoms with Gasteiger partial charge in [0.15, 0.2) is 0 Å². The van der Waals surface area contributed by atoms with Crippen molar-refractivity contribution in [3.63, 3.8) is 0 Å². The third-order valence-electron chi connectivity index (χ3n) is 1.54. The van der Waals surface area contributed by atoms with Crippen LogP contribution in [0.25, 0.3) is 0 Å². The Morgan fingerprint density at radius 1 is 1.30 bits per heavy atom. The van der Waals surface area contributed by atoms with Gasteiger partial charge in [0.1, 0.15) is 0 Å². The van der Waals surface area contributed by atoms with Gasteiger partial charge in [0.25, 0.3) is 0 Å². The summed E-state index contributed by atoms with van der Waals surface area (Å²) in [5, 5.41) is 5.48. The number of nitrogens with zero attached hydrogens (tertiary/aromatic N) is 2. The van der Waals surface area contributed by atoms with E-state index in [2.05, 4.69) is 10.4 Å². The van der Waals surface area contributed by atoms with Crippen molar-refractivity contribution >= 4 is 0 Å². The van der Waals surface area contributed by atoms with Crippen LogP contribution in [0, 0.1) is 15.7 Å². The maximum Gasteiger partial charge on any atom is 0.0839 e. The third-order valence-corrected chi connectivity index (χ3v) is 1.54. The second-order valence-electron chi connectivity index (χ2n) is 2.23. The summed E-state index contributed by atoms with van der Waals surface area (Å²) in [5.74, 6) is 0.246. The molecule has 0 aromatic rings. The van der Waals surface area contributed by atoms with Crippen molar-refractivity contribution in [1.29, 1.82) is 0 Å². The van der Waals surface area contributed by atoms with Gasteiger partial charge in [-0.1, -0.05) is 23.7 Å². The van der Waals surface area contributed by atoms with Crippen LogP contribution in [-0.4, -0.2) is 13.1 Å². The molecule has 0 spiro atoms. The summed E-state index contributed by atoms with van der Waals surface area (Å²) >= 11 is 0. The Labute approximate surface area is 60.0 Å². The van der Waals surface area contributed by atoms with Gasteiger partial charge in [-0.15, -0.1) is 0 Å². The third kappa shape index (κ3) is 4.12. The largest absolute Gasteiger partial charge is 0.151 e. The van der Waals surface area contributed by atoms with E-state index in [9.17, 15) is 9.81 Å². The average molecular weight is 144 g/mol. The lowest BCUT2D eigenvalue weighted by Crippen LogP contribution is -2.03. The Morgan fingerprint density at radius 3 is 2.40 bits per heavy atom. The Kier molecular flexibility index (Phi) is 5.82. The van der Waals surface area contributed by atoms with Crippen molar-refractivity contribution in [2.75, 3.05) is 13.1 Å². The van der Waals surface area contributed by atoms with Crippen molar-refractivity contribution in [1.82, 2.24) is 0 Å². The quantitative estimate of drug-likeness (QED) is 0.535. The molecule has 0 fully saturated rings. The Balaban J connectivity index is 3.38. The number of rotatable bonds is 6. The summed E-state index contributed by atoms with van der Waals surface area (Å²) in [6.45, 7) is 2.58. The molecule has 4 heteroatoms. The molecule has 0 amide bonds. The summed E-state index contributed by atoms with van der Waals surface area (Å²) in [6.07, 6.45) is 1.58. The first-order chi connectivity index (χ1) is 4.85. The zero-order chi connectivity index (χ0) is 7.82. The van der Waals surface area contributed by atoms with Crippen LogP contribution in [0.3, 0.4) is 0 Å². The Bertz CT molecular complexity index is 106. The molecule has 0 radical (unpaired) electrons. The molecule has 0 saturated carbocycles. The van der Waals surface area contributed by atoms with Crippen LogP contribution in [0.2, 0.25) is 0 Å². The predicted octanol–water partition coefficient (Wildman–Crippen LogP) is 1.94. The van der Waals surface area contributed by atoms with Crippen LogP contribution in [0.4, 0.5) is 0 Å². The first-order valence-corrected chi connectivity index (χ1v) is 3.43. The van der Waals surface area contributed by atoms with Crippen LogP contribution in [0.1, 0.15) is 19.8 Å². The predicted molar refractivity (Wildman–Crippen MR) is 39.7 cm³/mol. The smallest absolute Gasteiger partial charge is 0.0839 e.